The summed E-state index contributed by atoms with van der Waals surface area (Å²) in [4.78, 5) is 0.531. The zero-order valence-electron chi connectivity index (χ0n) is 14.0. The van der Waals surface area contributed by atoms with Crippen molar-refractivity contribution in [2.75, 3.05) is 20.1 Å². The van der Waals surface area contributed by atoms with Crippen LogP contribution in [0.25, 0.3) is 4.91 Å². The normalized spacial score (nSPS) is 23.6. The summed E-state index contributed by atoms with van der Waals surface area (Å²) in [5.74, 6) is 0. The summed E-state index contributed by atoms with van der Waals surface area (Å²) in [5, 5.41) is 3.37. The fraction of sp³-hybridized carbons (Fsp3) is 0.556. The quantitative estimate of drug-likeness (QED) is 0.921. The summed E-state index contributed by atoms with van der Waals surface area (Å²) in [5.41, 5.74) is 1.55. The van der Waals surface area contributed by atoms with Crippen LogP contribution >= 0.6 is 0 Å². The molecule has 2 aliphatic rings. The van der Waals surface area contributed by atoms with Gasteiger partial charge < -0.3 is 5.32 Å². The number of hydrogen-bond donors (Lipinski definition) is 1. The fourth-order valence-corrected chi connectivity index (χ4v) is 6.12. The molecular weight excluding hydrogens is 308 g/mol. The Morgan fingerprint density at radius 2 is 1.78 bits per heavy atom. The maximum atomic E-state index is 13.2. The van der Waals surface area contributed by atoms with E-state index in [0.29, 0.717) is 11.4 Å². The summed E-state index contributed by atoms with van der Waals surface area (Å²) in [6.45, 7) is 3.54. The number of benzene rings is 1. The minimum atomic E-state index is -3.43. The summed E-state index contributed by atoms with van der Waals surface area (Å²) >= 11 is 0. The van der Waals surface area contributed by atoms with Crippen LogP contribution in [0.4, 0.5) is 0 Å². The molecule has 0 saturated heterocycles. The maximum absolute atomic E-state index is 13.2. The maximum Gasteiger partial charge on any atom is 0.244 e. The Bertz CT molecular complexity index is 689. The van der Waals surface area contributed by atoms with Crippen molar-refractivity contribution in [3.05, 3.63) is 41.5 Å². The van der Waals surface area contributed by atoms with E-state index < -0.39 is 10.0 Å². The molecule has 1 saturated carbocycles. The second-order valence-electron chi connectivity index (χ2n) is 6.52. The number of rotatable bonds is 4. The molecule has 1 N–H and O–H groups in total. The summed E-state index contributed by atoms with van der Waals surface area (Å²) in [6.07, 6.45) is 5.25. The Hall–Kier alpha value is -1.17. The van der Waals surface area contributed by atoms with Crippen molar-refractivity contribution >= 4 is 14.9 Å². The Labute approximate surface area is 139 Å². The van der Waals surface area contributed by atoms with Gasteiger partial charge in [-0.25, -0.2) is 8.42 Å². The number of hydrogen-bond acceptors (Lipinski definition) is 3. The molecule has 0 atom stereocenters. The third-order valence-electron chi connectivity index (χ3n) is 5.33. The third kappa shape index (κ3) is 2.65. The molecule has 0 amide bonds. The van der Waals surface area contributed by atoms with Gasteiger partial charge in [-0.3, -0.25) is 0 Å². The van der Waals surface area contributed by atoms with Crippen molar-refractivity contribution in [1.82, 2.24) is 9.62 Å². The van der Waals surface area contributed by atoms with E-state index in [4.69, 9.17) is 0 Å². The largest absolute Gasteiger partial charge is 0.313 e. The Morgan fingerprint density at radius 1 is 1.13 bits per heavy atom. The first kappa shape index (κ1) is 16.7. The van der Waals surface area contributed by atoms with Crippen LogP contribution < -0.4 is 5.32 Å². The highest BCUT2D eigenvalue weighted by atomic mass is 32.2. The van der Waals surface area contributed by atoms with E-state index in [1.54, 1.807) is 11.4 Å². The minimum Gasteiger partial charge on any atom is -0.313 e. The first-order valence-corrected chi connectivity index (χ1v) is 9.97. The van der Waals surface area contributed by atoms with Gasteiger partial charge >= 0.3 is 0 Å². The monoisotopic (exact) mass is 334 g/mol. The summed E-state index contributed by atoms with van der Waals surface area (Å²) < 4.78 is 28.0. The second-order valence-corrected chi connectivity index (χ2v) is 8.42. The average Bonchev–Trinajstić information content (AvgIpc) is 2.73. The zero-order valence-corrected chi connectivity index (χ0v) is 14.8. The molecule has 1 aliphatic heterocycles. The molecule has 1 aliphatic carbocycles. The highest BCUT2D eigenvalue weighted by Crippen LogP contribution is 2.50. The lowest BCUT2D eigenvalue weighted by Gasteiger charge is -2.40. The topological polar surface area (TPSA) is 49.4 Å². The average molecular weight is 334 g/mol. The van der Waals surface area contributed by atoms with Gasteiger partial charge in [-0.2, -0.15) is 4.31 Å². The molecule has 0 radical (unpaired) electrons. The molecule has 23 heavy (non-hydrogen) atoms. The molecule has 4 nitrogen and oxygen atoms in total. The molecular formula is C18H26N2O2S. The molecule has 0 unspecified atom stereocenters. The van der Waals surface area contributed by atoms with Crippen LogP contribution in [0, 0.1) is 0 Å². The van der Waals surface area contributed by atoms with Gasteiger partial charge in [0.05, 0.1) is 10.4 Å². The number of likely N-dealkylation sites (N-methyl/N-ethyl adjacent to an activating group) is 2. The molecule has 1 spiro atoms. The van der Waals surface area contributed by atoms with Crippen molar-refractivity contribution in [3.63, 3.8) is 0 Å². The Kier molecular flexibility index (Phi) is 4.63. The lowest BCUT2D eigenvalue weighted by Crippen LogP contribution is -2.48. The highest BCUT2D eigenvalue weighted by Gasteiger charge is 2.53. The van der Waals surface area contributed by atoms with Gasteiger partial charge in [0.25, 0.3) is 0 Å². The van der Waals surface area contributed by atoms with Gasteiger partial charge in [0.2, 0.25) is 10.0 Å². The number of nitrogens with one attached hydrogen (secondary N) is 1. The van der Waals surface area contributed by atoms with Crippen molar-refractivity contribution in [3.8, 4) is 0 Å². The van der Waals surface area contributed by atoms with Crippen molar-refractivity contribution in [2.24, 2.45) is 0 Å². The number of nitrogens with zero attached hydrogens (tertiary/aromatic N) is 1. The first-order chi connectivity index (χ1) is 11.0. The van der Waals surface area contributed by atoms with E-state index in [2.05, 4.69) is 12.2 Å². The first-order valence-electron chi connectivity index (χ1n) is 8.53. The van der Waals surface area contributed by atoms with Gasteiger partial charge in [-0.1, -0.05) is 56.5 Å². The Balaban J connectivity index is 2.20. The standard InChI is InChI=1S/C18H26N2O2S/c1-3-19-14-16-17(15-10-6-4-7-11-15)23(21,22)20(2)18(16)12-8-5-9-13-18/h4,6-7,10-11,19H,3,5,8-9,12-14H2,1-2H3. The third-order valence-corrected chi connectivity index (χ3v) is 7.39. The molecule has 3 rings (SSSR count). The van der Waals surface area contributed by atoms with Gasteiger partial charge in [0.15, 0.2) is 0 Å². The van der Waals surface area contributed by atoms with Gasteiger partial charge in [0.1, 0.15) is 0 Å². The fourth-order valence-electron chi connectivity index (χ4n) is 4.08. The van der Waals surface area contributed by atoms with Crippen LogP contribution in [0.2, 0.25) is 0 Å². The van der Waals surface area contributed by atoms with Crippen molar-refractivity contribution in [1.29, 1.82) is 0 Å². The van der Waals surface area contributed by atoms with E-state index in [-0.39, 0.29) is 5.54 Å². The Morgan fingerprint density at radius 3 is 2.39 bits per heavy atom. The van der Waals surface area contributed by atoms with E-state index in [9.17, 15) is 8.42 Å². The van der Waals surface area contributed by atoms with E-state index in [0.717, 1.165) is 43.4 Å². The van der Waals surface area contributed by atoms with Gasteiger partial charge in [-0.05, 0) is 30.5 Å². The van der Waals surface area contributed by atoms with E-state index in [1.165, 1.54) is 6.42 Å². The smallest absolute Gasteiger partial charge is 0.244 e. The van der Waals surface area contributed by atoms with Gasteiger partial charge in [-0.15, -0.1) is 0 Å². The molecule has 1 heterocycles. The highest BCUT2D eigenvalue weighted by molar-refractivity contribution is 7.98. The van der Waals surface area contributed by atoms with Crippen LogP contribution in [0.3, 0.4) is 0 Å². The lowest BCUT2D eigenvalue weighted by atomic mass is 9.75. The van der Waals surface area contributed by atoms with Crippen LogP contribution in [0.1, 0.15) is 44.6 Å². The lowest BCUT2D eigenvalue weighted by molar-refractivity contribution is 0.197. The number of sulfonamides is 1. The van der Waals surface area contributed by atoms with Crippen LogP contribution in [-0.4, -0.2) is 38.4 Å². The van der Waals surface area contributed by atoms with Crippen molar-refractivity contribution in [2.45, 2.75) is 44.6 Å². The molecule has 0 bridgehead atoms. The minimum absolute atomic E-state index is 0.329. The van der Waals surface area contributed by atoms with Crippen LogP contribution in [0.5, 0.6) is 0 Å². The molecule has 126 valence electrons. The van der Waals surface area contributed by atoms with E-state index >= 15 is 0 Å². The molecule has 0 aromatic heterocycles. The molecule has 1 aromatic rings. The predicted molar refractivity (Wildman–Crippen MR) is 94.4 cm³/mol. The van der Waals surface area contributed by atoms with Crippen molar-refractivity contribution < 1.29 is 8.42 Å². The van der Waals surface area contributed by atoms with Crippen LogP contribution in [0.15, 0.2) is 35.9 Å². The predicted octanol–water partition coefficient (Wildman–Crippen LogP) is 2.99. The molecule has 1 aromatic carbocycles. The molecule has 5 heteroatoms. The van der Waals surface area contributed by atoms with Gasteiger partial charge in [0, 0.05) is 13.6 Å². The van der Waals surface area contributed by atoms with Crippen LogP contribution in [-0.2, 0) is 10.0 Å². The summed E-state index contributed by atoms with van der Waals surface area (Å²) in [7, 11) is -1.67. The summed E-state index contributed by atoms with van der Waals surface area (Å²) in [6, 6.07) is 9.57. The zero-order chi connectivity index (χ0) is 16.5. The van der Waals surface area contributed by atoms with E-state index in [1.807, 2.05) is 30.3 Å². The second kappa shape index (κ2) is 6.38. The molecule has 1 fully saturated rings. The SMILES string of the molecule is CCNCC1=C(c2ccccc2)S(=O)(=O)N(C)C12CCCCC2.